The molecule has 0 bridgehead atoms. The molecule has 0 unspecified atom stereocenters. The van der Waals surface area contributed by atoms with E-state index in [0.29, 0.717) is 18.7 Å². The lowest BCUT2D eigenvalue weighted by Crippen LogP contribution is -2.35. The van der Waals surface area contributed by atoms with Crippen LogP contribution in [0.15, 0.2) is 47.4 Å². The molecule has 0 fully saturated rings. The quantitative estimate of drug-likeness (QED) is 0.762. The SMILES string of the molecule is Cc1ccc(S(=O)(=O)N2CCCc3ccc(NS(=O)(=O)CCl)cc32)cc1. The normalized spacial score (nSPS) is 14.8. The van der Waals surface area contributed by atoms with Crippen LogP contribution in [0.4, 0.5) is 11.4 Å². The summed E-state index contributed by atoms with van der Waals surface area (Å²) >= 11 is 5.42. The van der Waals surface area contributed by atoms with Crippen molar-refractivity contribution >= 4 is 43.0 Å². The highest BCUT2D eigenvalue weighted by molar-refractivity contribution is 7.93. The van der Waals surface area contributed by atoms with E-state index in [-0.39, 0.29) is 10.6 Å². The number of fused-ring (bicyclic) bond motifs is 1. The predicted molar refractivity (Wildman–Crippen MR) is 104 cm³/mol. The van der Waals surface area contributed by atoms with Crippen molar-refractivity contribution in [1.82, 2.24) is 0 Å². The van der Waals surface area contributed by atoms with Crippen LogP contribution in [-0.2, 0) is 26.5 Å². The fourth-order valence-electron chi connectivity index (χ4n) is 2.90. The zero-order valence-corrected chi connectivity index (χ0v) is 16.5. The minimum Gasteiger partial charge on any atom is -0.282 e. The molecule has 1 aliphatic heterocycles. The number of alkyl halides is 1. The first-order valence-corrected chi connectivity index (χ1v) is 11.6. The lowest BCUT2D eigenvalue weighted by Gasteiger charge is -2.31. The topological polar surface area (TPSA) is 83.6 Å². The number of benzene rings is 2. The Morgan fingerprint density at radius 2 is 1.77 bits per heavy atom. The predicted octanol–water partition coefficient (Wildman–Crippen LogP) is 3.07. The second-order valence-electron chi connectivity index (χ2n) is 6.16. The number of halogens is 1. The highest BCUT2D eigenvalue weighted by Crippen LogP contribution is 2.34. The van der Waals surface area contributed by atoms with Gasteiger partial charge in [-0.1, -0.05) is 23.8 Å². The van der Waals surface area contributed by atoms with Gasteiger partial charge in [-0.3, -0.25) is 9.03 Å². The largest absolute Gasteiger partial charge is 0.282 e. The number of rotatable bonds is 5. The molecule has 0 radical (unpaired) electrons. The first-order valence-electron chi connectivity index (χ1n) is 8.02. The van der Waals surface area contributed by atoms with E-state index < -0.39 is 25.3 Å². The minimum absolute atomic E-state index is 0.211. The van der Waals surface area contributed by atoms with Crippen LogP contribution in [0.25, 0.3) is 0 Å². The Kier molecular flexibility index (Phi) is 5.18. The number of nitrogens with one attached hydrogen (secondary N) is 1. The Hall–Kier alpha value is -1.77. The van der Waals surface area contributed by atoms with Gasteiger partial charge in [0.25, 0.3) is 10.0 Å². The smallest absolute Gasteiger partial charge is 0.264 e. The van der Waals surface area contributed by atoms with E-state index in [0.717, 1.165) is 17.5 Å². The van der Waals surface area contributed by atoms with E-state index in [9.17, 15) is 16.8 Å². The molecule has 6 nitrogen and oxygen atoms in total. The van der Waals surface area contributed by atoms with Crippen molar-refractivity contribution in [3.8, 4) is 0 Å². The molecule has 0 saturated carbocycles. The number of sulfonamides is 2. The van der Waals surface area contributed by atoms with Crippen molar-refractivity contribution in [2.45, 2.75) is 24.7 Å². The van der Waals surface area contributed by atoms with Crippen molar-refractivity contribution in [3.05, 3.63) is 53.6 Å². The monoisotopic (exact) mass is 414 g/mol. The van der Waals surface area contributed by atoms with Crippen LogP contribution in [0.2, 0.25) is 0 Å². The van der Waals surface area contributed by atoms with Gasteiger partial charge in [0.15, 0.2) is 0 Å². The van der Waals surface area contributed by atoms with Crippen molar-refractivity contribution < 1.29 is 16.8 Å². The zero-order valence-electron chi connectivity index (χ0n) is 14.1. The molecular weight excluding hydrogens is 396 g/mol. The first-order chi connectivity index (χ1) is 12.2. The van der Waals surface area contributed by atoms with E-state index in [4.69, 9.17) is 11.6 Å². The molecule has 1 aliphatic rings. The van der Waals surface area contributed by atoms with Crippen LogP contribution < -0.4 is 9.03 Å². The van der Waals surface area contributed by atoms with E-state index in [1.165, 1.54) is 4.31 Å². The maximum Gasteiger partial charge on any atom is 0.264 e. The van der Waals surface area contributed by atoms with Crippen LogP contribution in [-0.4, -0.2) is 28.6 Å². The summed E-state index contributed by atoms with van der Waals surface area (Å²) in [5.74, 6) is 0. The minimum atomic E-state index is -3.73. The average molecular weight is 415 g/mol. The van der Waals surface area contributed by atoms with Gasteiger partial charge in [-0.25, -0.2) is 16.8 Å². The van der Waals surface area contributed by atoms with Gasteiger partial charge in [0.1, 0.15) is 5.21 Å². The van der Waals surface area contributed by atoms with Gasteiger partial charge in [0.2, 0.25) is 10.0 Å². The molecule has 3 rings (SSSR count). The molecule has 9 heteroatoms. The van der Waals surface area contributed by atoms with Gasteiger partial charge in [0.05, 0.1) is 16.3 Å². The lowest BCUT2D eigenvalue weighted by atomic mass is 10.0. The lowest BCUT2D eigenvalue weighted by molar-refractivity contribution is 0.586. The third-order valence-corrected chi connectivity index (χ3v) is 7.71. The van der Waals surface area contributed by atoms with Gasteiger partial charge >= 0.3 is 0 Å². The van der Waals surface area contributed by atoms with E-state index >= 15 is 0 Å². The van der Waals surface area contributed by atoms with Gasteiger partial charge in [-0.15, -0.1) is 11.6 Å². The standard InChI is InChI=1S/C17H19ClN2O4S2/c1-13-4-8-16(9-5-13)26(23,24)20-10-2-3-14-6-7-15(11-17(14)20)19-25(21,22)12-18/h4-9,11,19H,2-3,10,12H2,1H3. The van der Waals surface area contributed by atoms with Gasteiger partial charge in [-0.2, -0.15) is 0 Å². The Balaban J connectivity index is 2.03. The number of nitrogens with zero attached hydrogens (tertiary/aromatic N) is 1. The van der Waals surface area contributed by atoms with Gasteiger partial charge in [-0.05, 0) is 49.6 Å². The Labute approximate surface area is 158 Å². The highest BCUT2D eigenvalue weighted by atomic mass is 35.5. The molecule has 140 valence electrons. The Morgan fingerprint density at radius 1 is 1.08 bits per heavy atom. The molecule has 0 aromatic heterocycles. The third kappa shape index (κ3) is 3.82. The molecule has 0 amide bonds. The number of anilines is 2. The van der Waals surface area contributed by atoms with Crippen LogP contribution >= 0.6 is 11.6 Å². The van der Waals surface area contributed by atoms with Gasteiger partial charge in [0, 0.05) is 6.54 Å². The molecule has 0 aliphatic carbocycles. The fourth-order valence-corrected chi connectivity index (χ4v) is 5.14. The molecular formula is C17H19ClN2O4S2. The summed E-state index contributed by atoms with van der Waals surface area (Å²) in [6.45, 7) is 2.23. The van der Waals surface area contributed by atoms with Gasteiger partial charge < -0.3 is 0 Å². The maximum absolute atomic E-state index is 13.1. The fraction of sp³-hybridized carbons (Fsp3) is 0.294. The summed E-state index contributed by atoms with van der Waals surface area (Å²) in [5, 5.41) is -0.574. The number of hydrogen-bond acceptors (Lipinski definition) is 4. The summed E-state index contributed by atoms with van der Waals surface area (Å²) in [6.07, 6.45) is 1.43. The highest BCUT2D eigenvalue weighted by Gasteiger charge is 2.29. The molecule has 1 N–H and O–H groups in total. The summed E-state index contributed by atoms with van der Waals surface area (Å²) < 4.78 is 53.2. The summed E-state index contributed by atoms with van der Waals surface area (Å²) in [7, 11) is -7.39. The van der Waals surface area contributed by atoms with E-state index in [2.05, 4.69) is 4.72 Å². The average Bonchev–Trinajstić information content (AvgIpc) is 2.61. The summed E-state index contributed by atoms with van der Waals surface area (Å²) in [4.78, 5) is 0.211. The molecule has 0 saturated heterocycles. The molecule has 2 aromatic carbocycles. The van der Waals surface area contributed by atoms with Crippen molar-refractivity contribution in [2.24, 2.45) is 0 Å². The second-order valence-corrected chi connectivity index (χ2v) is 10.3. The van der Waals surface area contributed by atoms with Crippen molar-refractivity contribution in [2.75, 3.05) is 20.8 Å². The first kappa shape index (κ1) is 19.0. The molecule has 0 atom stereocenters. The van der Waals surface area contributed by atoms with E-state index in [1.54, 1.807) is 42.5 Å². The van der Waals surface area contributed by atoms with Crippen LogP contribution in [0, 0.1) is 6.92 Å². The van der Waals surface area contributed by atoms with Crippen LogP contribution in [0.3, 0.4) is 0 Å². The van der Waals surface area contributed by atoms with Crippen LogP contribution in [0.5, 0.6) is 0 Å². The Morgan fingerprint density at radius 3 is 2.42 bits per heavy atom. The number of aryl methyl sites for hydroxylation is 2. The molecule has 0 spiro atoms. The Bertz CT molecular complexity index is 1020. The summed E-state index contributed by atoms with van der Waals surface area (Å²) in [5.41, 5.74) is 2.61. The summed E-state index contributed by atoms with van der Waals surface area (Å²) in [6, 6.07) is 11.6. The third-order valence-electron chi connectivity index (χ3n) is 4.19. The van der Waals surface area contributed by atoms with Crippen molar-refractivity contribution in [1.29, 1.82) is 0 Å². The molecule has 1 heterocycles. The van der Waals surface area contributed by atoms with E-state index in [1.807, 2.05) is 6.92 Å². The maximum atomic E-state index is 13.1. The molecule has 2 aromatic rings. The zero-order chi connectivity index (χ0) is 18.9. The number of hydrogen-bond donors (Lipinski definition) is 1. The van der Waals surface area contributed by atoms with Crippen molar-refractivity contribution in [3.63, 3.8) is 0 Å². The molecule has 26 heavy (non-hydrogen) atoms. The van der Waals surface area contributed by atoms with Crippen LogP contribution in [0.1, 0.15) is 17.5 Å². The second kappa shape index (κ2) is 7.09.